The zero-order valence-electron chi connectivity index (χ0n) is 38.1. The Morgan fingerprint density at radius 3 is 1.02 bits per heavy atom. The van der Waals surface area contributed by atoms with E-state index in [1.54, 1.807) is 12.1 Å². The van der Waals surface area contributed by atoms with Gasteiger partial charge in [-0.2, -0.15) is 0 Å². The molecule has 2 aromatic rings. The Kier molecular flexibility index (Phi) is 32.9. The van der Waals surface area contributed by atoms with Crippen LogP contribution >= 0.6 is 0 Å². The number of anilines is 1. The number of aliphatic hydroxyl groups excluding tert-OH is 1. The van der Waals surface area contributed by atoms with Gasteiger partial charge in [-0.15, -0.1) is 0 Å². The Hall–Kier alpha value is -2.11. The van der Waals surface area contributed by atoms with Crippen LogP contribution in [0.2, 0.25) is 0 Å². The summed E-state index contributed by atoms with van der Waals surface area (Å²) in [6.07, 6.45) is 49.3. The van der Waals surface area contributed by atoms with Gasteiger partial charge in [-0.1, -0.05) is 243 Å². The summed E-state index contributed by atoms with van der Waals surface area (Å²) in [5.74, 6) is -0.0268. The van der Waals surface area contributed by atoms with Crippen molar-refractivity contribution in [1.82, 2.24) is 0 Å². The molecule has 1 N–H and O–H groups in total. The molecule has 0 saturated heterocycles. The summed E-state index contributed by atoms with van der Waals surface area (Å²) in [6.45, 7) is 6.76. The average molecular weight is 822 g/mol. The minimum absolute atomic E-state index is 0.0268. The number of hydrogen-bond acceptors (Lipinski definition) is 4. The maximum absolute atomic E-state index is 12.4. The summed E-state index contributed by atoms with van der Waals surface area (Å²) in [5, 5.41) is 9.03. The highest BCUT2D eigenvalue weighted by Gasteiger charge is 2.13. The first-order valence-electron chi connectivity index (χ1n) is 25.0. The molecule has 2 aromatic carbocycles. The van der Waals surface area contributed by atoms with Crippen LogP contribution in [0.15, 0.2) is 53.4 Å². The van der Waals surface area contributed by atoms with Crippen LogP contribution in [0, 0.1) is 0 Å². The second kappa shape index (κ2) is 36.7. The molecule has 0 atom stereocenters. The van der Waals surface area contributed by atoms with Crippen LogP contribution in [0.25, 0.3) is 12.2 Å². The van der Waals surface area contributed by atoms with E-state index in [1.165, 1.54) is 211 Å². The zero-order valence-corrected chi connectivity index (χ0v) is 38.9. The van der Waals surface area contributed by atoms with Crippen molar-refractivity contribution >= 4 is 27.7 Å². The Balaban J connectivity index is 1.72. The van der Waals surface area contributed by atoms with Gasteiger partial charge in [0.2, 0.25) is 0 Å². The normalized spacial score (nSPS) is 11.9. The minimum Gasteiger partial charge on any atom is -0.396 e. The topological polar surface area (TPSA) is 57.6 Å². The number of benzene rings is 2. The highest BCUT2D eigenvalue weighted by Crippen LogP contribution is 2.22. The van der Waals surface area contributed by atoms with Crippen LogP contribution < -0.4 is 4.90 Å². The van der Waals surface area contributed by atoms with Crippen molar-refractivity contribution in [3.05, 3.63) is 59.7 Å². The van der Waals surface area contributed by atoms with E-state index in [2.05, 4.69) is 49.1 Å². The summed E-state index contributed by atoms with van der Waals surface area (Å²) >= 11 is 0. The maximum Gasteiger partial charge on any atom is 0.178 e. The fourth-order valence-corrected chi connectivity index (χ4v) is 9.51. The summed E-state index contributed by atoms with van der Waals surface area (Å²) in [5.41, 5.74) is 3.45. The molecule has 58 heavy (non-hydrogen) atoms. The second-order valence-electron chi connectivity index (χ2n) is 17.5. The highest BCUT2D eigenvalue weighted by atomic mass is 32.2. The first kappa shape index (κ1) is 52.0. The number of rotatable bonds is 41. The van der Waals surface area contributed by atoms with Crippen LogP contribution in [-0.4, -0.2) is 39.0 Å². The van der Waals surface area contributed by atoms with Crippen molar-refractivity contribution in [2.75, 3.05) is 30.3 Å². The number of unbranched alkanes of at least 4 members (excludes halogenated alkanes) is 30. The molecule has 0 aliphatic carbocycles. The fourth-order valence-electron chi connectivity index (χ4n) is 8.22. The lowest BCUT2D eigenvalue weighted by atomic mass is 10.0. The van der Waals surface area contributed by atoms with Crippen LogP contribution in [0.1, 0.15) is 237 Å². The predicted molar refractivity (Wildman–Crippen MR) is 257 cm³/mol. The number of sulfone groups is 1. The van der Waals surface area contributed by atoms with Crippen LogP contribution in [0.3, 0.4) is 0 Å². The third kappa shape index (κ3) is 27.6. The molecule has 0 aliphatic rings. The molecule has 0 aliphatic heterocycles. The third-order valence-electron chi connectivity index (χ3n) is 12.1. The van der Waals surface area contributed by atoms with E-state index in [-0.39, 0.29) is 18.8 Å². The monoisotopic (exact) mass is 822 g/mol. The van der Waals surface area contributed by atoms with Crippen molar-refractivity contribution in [2.24, 2.45) is 0 Å². The number of hydrogen-bond donors (Lipinski definition) is 1. The van der Waals surface area contributed by atoms with E-state index < -0.39 is 9.84 Å². The lowest BCUT2D eigenvalue weighted by Crippen LogP contribution is -2.25. The summed E-state index contributed by atoms with van der Waals surface area (Å²) in [6, 6.07) is 16.1. The second-order valence-corrected chi connectivity index (χ2v) is 19.6. The standard InChI is InChI=1S/C53H91NO3S/c1-3-5-7-9-11-13-15-17-19-21-23-25-27-29-31-33-46-54(47-34-32-30-28-26-24-22-20-18-16-14-12-10-8-6-4-2)52-42-38-50(39-43-52)36-37-51-40-44-53(45-41-51)58(56,57)49-35-48-55/h36-45,55H,3-35,46-49H2,1-2H3. The first-order chi connectivity index (χ1) is 28.5. The lowest BCUT2D eigenvalue weighted by molar-refractivity contribution is 0.295. The molecular weight excluding hydrogens is 731 g/mol. The van der Waals surface area contributed by atoms with Crippen molar-refractivity contribution in [2.45, 2.75) is 231 Å². The molecule has 0 radical (unpaired) electrons. The Labute approximate surface area is 360 Å². The van der Waals surface area contributed by atoms with Gasteiger partial charge >= 0.3 is 0 Å². The van der Waals surface area contributed by atoms with Crippen LogP contribution in [-0.2, 0) is 9.84 Å². The van der Waals surface area contributed by atoms with E-state index >= 15 is 0 Å². The molecular formula is C53H91NO3S. The van der Waals surface area contributed by atoms with Gasteiger partial charge in [0, 0.05) is 25.4 Å². The molecule has 332 valence electrons. The van der Waals surface area contributed by atoms with Crippen molar-refractivity contribution in [1.29, 1.82) is 0 Å². The first-order valence-corrected chi connectivity index (χ1v) is 26.6. The molecule has 0 fully saturated rings. The zero-order chi connectivity index (χ0) is 41.6. The predicted octanol–water partition coefficient (Wildman–Crippen LogP) is 16.3. The van der Waals surface area contributed by atoms with Gasteiger partial charge in [0.25, 0.3) is 0 Å². The quantitative estimate of drug-likeness (QED) is 0.0536. The van der Waals surface area contributed by atoms with Gasteiger partial charge < -0.3 is 10.0 Å². The molecule has 0 spiro atoms. The van der Waals surface area contributed by atoms with Gasteiger partial charge in [0.1, 0.15) is 0 Å². The largest absolute Gasteiger partial charge is 0.396 e. The summed E-state index contributed by atoms with van der Waals surface area (Å²) < 4.78 is 24.9. The van der Waals surface area contributed by atoms with Crippen molar-refractivity contribution < 1.29 is 13.5 Å². The third-order valence-corrected chi connectivity index (χ3v) is 13.9. The Morgan fingerprint density at radius 1 is 0.414 bits per heavy atom. The number of nitrogens with zero attached hydrogens (tertiary/aromatic N) is 1. The van der Waals surface area contributed by atoms with Gasteiger partial charge in [-0.25, -0.2) is 8.42 Å². The smallest absolute Gasteiger partial charge is 0.178 e. The Morgan fingerprint density at radius 2 is 0.707 bits per heavy atom. The van der Waals surface area contributed by atoms with Crippen molar-refractivity contribution in [3.8, 4) is 0 Å². The van der Waals surface area contributed by atoms with E-state index in [0.717, 1.165) is 24.2 Å². The molecule has 0 heterocycles. The van der Waals surface area contributed by atoms with E-state index in [1.807, 2.05) is 18.2 Å². The molecule has 2 rings (SSSR count). The molecule has 4 nitrogen and oxygen atoms in total. The van der Waals surface area contributed by atoms with E-state index in [0.29, 0.717) is 4.90 Å². The minimum atomic E-state index is -3.35. The lowest BCUT2D eigenvalue weighted by Gasteiger charge is -2.25. The maximum atomic E-state index is 12.4. The van der Waals surface area contributed by atoms with Crippen molar-refractivity contribution in [3.63, 3.8) is 0 Å². The molecule has 0 saturated carbocycles. The highest BCUT2D eigenvalue weighted by molar-refractivity contribution is 7.91. The molecule has 5 heteroatoms. The van der Waals surface area contributed by atoms with E-state index in [9.17, 15) is 8.42 Å². The molecule has 0 bridgehead atoms. The van der Waals surface area contributed by atoms with Gasteiger partial charge in [0.15, 0.2) is 9.84 Å². The van der Waals surface area contributed by atoms with Crippen LogP contribution in [0.5, 0.6) is 0 Å². The van der Waals surface area contributed by atoms with Crippen LogP contribution in [0.4, 0.5) is 5.69 Å². The Bertz CT molecular complexity index is 1280. The average Bonchev–Trinajstić information content (AvgIpc) is 3.24. The summed E-state index contributed by atoms with van der Waals surface area (Å²) in [7, 11) is -3.35. The summed E-state index contributed by atoms with van der Waals surface area (Å²) in [4.78, 5) is 2.95. The van der Waals surface area contributed by atoms with Gasteiger partial charge in [0.05, 0.1) is 10.6 Å². The number of aliphatic hydroxyl groups is 1. The van der Waals surface area contributed by atoms with Gasteiger partial charge in [-0.3, -0.25) is 0 Å². The molecule has 0 unspecified atom stereocenters. The fraction of sp³-hybridized carbons (Fsp3) is 0.736. The molecule has 0 aromatic heterocycles. The molecule has 0 amide bonds. The van der Waals surface area contributed by atoms with E-state index in [4.69, 9.17) is 5.11 Å². The van der Waals surface area contributed by atoms with Gasteiger partial charge in [-0.05, 0) is 54.7 Å². The SMILES string of the molecule is CCCCCCCCCCCCCCCCCCN(CCCCCCCCCCCCCCCCCC)c1ccc(C=Cc2ccc(S(=O)(=O)CCCO)cc2)cc1.